The number of benzene rings is 2. The van der Waals surface area contributed by atoms with Crippen LogP contribution in [-0.4, -0.2) is 23.3 Å². The van der Waals surface area contributed by atoms with E-state index >= 15 is 0 Å². The van der Waals surface area contributed by atoms with Crippen molar-refractivity contribution in [3.8, 4) is 0 Å². The van der Waals surface area contributed by atoms with Crippen molar-refractivity contribution < 1.29 is 9.59 Å². The van der Waals surface area contributed by atoms with Gasteiger partial charge in [-0.2, -0.15) is 0 Å². The highest BCUT2D eigenvalue weighted by molar-refractivity contribution is 7.20. The van der Waals surface area contributed by atoms with E-state index in [1.165, 1.54) is 0 Å². The Labute approximate surface area is 154 Å². The summed E-state index contributed by atoms with van der Waals surface area (Å²) in [6.45, 7) is 0.424. The van der Waals surface area contributed by atoms with E-state index in [9.17, 15) is 9.59 Å². The van der Waals surface area contributed by atoms with E-state index in [1.54, 1.807) is 0 Å². The molecule has 8 heteroatoms. The van der Waals surface area contributed by atoms with Crippen LogP contribution < -0.4 is 22.1 Å². The highest BCUT2D eigenvalue weighted by Gasteiger charge is 2.18. The molecule has 3 aromatic rings. The molecule has 2 amide bonds. The van der Waals surface area contributed by atoms with Gasteiger partial charge in [0, 0.05) is 12.1 Å². The third kappa shape index (κ3) is 4.16. The number of fused-ring (bicyclic) bond motifs is 1. The van der Waals surface area contributed by atoms with E-state index < -0.39 is 5.91 Å². The zero-order valence-electron chi connectivity index (χ0n) is 14.0. The number of nitrogens with two attached hydrogens (primary N) is 2. The molecule has 0 fully saturated rings. The molecule has 0 unspecified atom stereocenters. The van der Waals surface area contributed by atoms with Crippen molar-refractivity contribution in [1.29, 1.82) is 0 Å². The van der Waals surface area contributed by atoms with Crippen LogP contribution in [0.3, 0.4) is 0 Å². The first-order valence-corrected chi connectivity index (χ1v) is 8.95. The topological polar surface area (TPSA) is 123 Å². The van der Waals surface area contributed by atoms with Crippen molar-refractivity contribution in [3.05, 3.63) is 48.2 Å². The molecule has 0 saturated carbocycles. The maximum Gasteiger partial charge on any atom is 0.270 e. The maximum absolute atomic E-state index is 11.9. The van der Waals surface area contributed by atoms with Crippen LogP contribution >= 0.6 is 11.3 Å². The number of nitrogens with one attached hydrogen (secondary N) is 2. The molecule has 0 aliphatic rings. The summed E-state index contributed by atoms with van der Waals surface area (Å²) < 4.78 is 0. The summed E-state index contributed by atoms with van der Waals surface area (Å²) in [7, 11) is 0. The first-order valence-electron chi connectivity index (χ1n) is 8.13. The minimum Gasteiger partial charge on any atom is -0.364 e. The van der Waals surface area contributed by atoms with E-state index in [4.69, 9.17) is 11.5 Å². The Kier molecular flexibility index (Phi) is 5.45. The second kappa shape index (κ2) is 7.94. The van der Waals surface area contributed by atoms with Crippen LogP contribution in [0.4, 0.5) is 15.8 Å². The summed E-state index contributed by atoms with van der Waals surface area (Å²) in [6.07, 6.45) is 0.846. The molecule has 134 valence electrons. The van der Waals surface area contributed by atoms with E-state index in [1.807, 2.05) is 42.5 Å². The standard InChI is InChI=1S/C18H19N5O2S/c19-9-3-6-14(24)22-17-15(16(20)25)23-18(26-17)21-13-8-7-11-4-1-2-5-12(11)10-13/h1-2,4-5,7-8,10H,3,6,9,19H2,(H2,20,25)(H,21,23)(H,22,24). The monoisotopic (exact) mass is 369 g/mol. The van der Waals surface area contributed by atoms with Crippen molar-refractivity contribution >= 4 is 49.7 Å². The van der Waals surface area contributed by atoms with Gasteiger partial charge in [0.1, 0.15) is 5.00 Å². The second-order valence-electron chi connectivity index (χ2n) is 5.69. The summed E-state index contributed by atoms with van der Waals surface area (Å²) in [5.41, 5.74) is 11.7. The molecule has 2 aromatic carbocycles. The fourth-order valence-electron chi connectivity index (χ4n) is 2.47. The summed E-state index contributed by atoms with van der Waals surface area (Å²) in [4.78, 5) is 27.7. The van der Waals surface area contributed by atoms with Gasteiger partial charge in [-0.25, -0.2) is 4.98 Å². The van der Waals surface area contributed by atoms with Crippen LogP contribution in [0.25, 0.3) is 10.8 Å². The van der Waals surface area contributed by atoms with Crippen LogP contribution in [-0.2, 0) is 4.79 Å². The molecule has 1 aromatic heterocycles. The molecule has 26 heavy (non-hydrogen) atoms. The van der Waals surface area contributed by atoms with Crippen molar-refractivity contribution in [2.75, 3.05) is 17.2 Å². The van der Waals surface area contributed by atoms with E-state index in [-0.39, 0.29) is 18.0 Å². The van der Waals surface area contributed by atoms with Gasteiger partial charge in [0.15, 0.2) is 10.8 Å². The number of thiazole rings is 1. The Hall–Kier alpha value is -2.97. The highest BCUT2D eigenvalue weighted by atomic mass is 32.1. The highest BCUT2D eigenvalue weighted by Crippen LogP contribution is 2.31. The first-order chi connectivity index (χ1) is 12.6. The quantitative estimate of drug-likeness (QED) is 0.510. The van der Waals surface area contributed by atoms with Crippen molar-refractivity contribution in [3.63, 3.8) is 0 Å². The van der Waals surface area contributed by atoms with Gasteiger partial charge in [0.2, 0.25) is 5.91 Å². The molecule has 6 N–H and O–H groups in total. The molecule has 1 heterocycles. The van der Waals surface area contributed by atoms with Gasteiger partial charge in [-0.15, -0.1) is 0 Å². The first kappa shape index (κ1) is 17.8. The number of hydrogen-bond acceptors (Lipinski definition) is 6. The number of carbonyl (C=O) groups excluding carboxylic acids is 2. The van der Waals surface area contributed by atoms with Crippen LogP contribution in [0.15, 0.2) is 42.5 Å². The number of anilines is 3. The molecule has 7 nitrogen and oxygen atoms in total. The lowest BCUT2D eigenvalue weighted by Gasteiger charge is -2.04. The Morgan fingerprint density at radius 1 is 1.12 bits per heavy atom. The summed E-state index contributed by atoms with van der Waals surface area (Å²) in [5, 5.41) is 8.86. The minimum atomic E-state index is -0.693. The third-order valence-corrected chi connectivity index (χ3v) is 4.61. The molecular formula is C18H19N5O2S. The summed E-state index contributed by atoms with van der Waals surface area (Å²) in [5.74, 6) is -0.916. The number of nitrogens with zero attached hydrogens (tertiary/aromatic N) is 1. The molecule has 3 rings (SSSR count). The number of rotatable bonds is 7. The second-order valence-corrected chi connectivity index (χ2v) is 6.69. The fraction of sp³-hybridized carbons (Fsp3) is 0.167. The van der Waals surface area contributed by atoms with Crippen molar-refractivity contribution in [1.82, 2.24) is 4.98 Å². The van der Waals surface area contributed by atoms with Gasteiger partial charge in [-0.3, -0.25) is 9.59 Å². The van der Waals surface area contributed by atoms with E-state index in [0.29, 0.717) is 23.1 Å². The van der Waals surface area contributed by atoms with Crippen LogP contribution in [0.1, 0.15) is 23.3 Å². The number of aromatic nitrogens is 1. The summed E-state index contributed by atoms with van der Waals surface area (Å²) in [6, 6.07) is 13.9. The Morgan fingerprint density at radius 3 is 2.62 bits per heavy atom. The number of amides is 2. The minimum absolute atomic E-state index is 0.0411. The fourth-order valence-corrected chi connectivity index (χ4v) is 3.37. The third-order valence-electron chi connectivity index (χ3n) is 3.72. The van der Waals surface area contributed by atoms with Crippen LogP contribution in [0, 0.1) is 0 Å². The lowest BCUT2D eigenvalue weighted by atomic mass is 10.1. The predicted octanol–water partition coefficient (Wildman–Crippen LogP) is 2.82. The average molecular weight is 369 g/mol. The Morgan fingerprint density at radius 2 is 1.88 bits per heavy atom. The molecule has 0 spiro atoms. The maximum atomic E-state index is 11.9. The Balaban J connectivity index is 1.81. The molecule has 0 bridgehead atoms. The molecule has 0 aliphatic heterocycles. The molecule has 0 saturated heterocycles. The van der Waals surface area contributed by atoms with Crippen molar-refractivity contribution in [2.24, 2.45) is 11.5 Å². The molecular weight excluding hydrogens is 350 g/mol. The van der Waals surface area contributed by atoms with Crippen molar-refractivity contribution in [2.45, 2.75) is 12.8 Å². The van der Waals surface area contributed by atoms with Gasteiger partial charge < -0.3 is 22.1 Å². The predicted molar refractivity (Wildman–Crippen MR) is 105 cm³/mol. The summed E-state index contributed by atoms with van der Waals surface area (Å²) >= 11 is 1.16. The molecule has 0 aliphatic carbocycles. The lowest BCUT2D eigenvalue weighted by molar-refractivity contribution is -0.116. The average Bonchev–Trinajstić information content (AvgIpc) is 3.02. The SMILES string of the molecule is NCCCC(=O)Nc1sc(Nc2ccc3ccccc3c2)nc1C(N)=O. The van der Waals surface area contributed by atoms with E-state index in [2.05, 4.69) is 15.6 Å². The van der Waals surface area contributed by atoms with Gasteiger partial charge >= 0.3 is 0 Å². The number of carbonyl (C=O) groups is 2. The lowest BCUT2D eigenvalue weighted by Crippen LogP contribution is -2.18. The van der Waals surface area contributed by atoms with Gasteiger partial charge in [0.25, 0.3) is 5.91 Å². The van der Waals surface area contributed by atoms with Gasteiger partial charge in [0.05, 0.1) is 0 Å². The van der Waals surface area contributed by atoms with Gasteiger partial charge in [-0.05, 0) is 35.9 Å². The van der Waals surface area contributed by atoms with Crippen LogP contribution in [0.2, 0.25) is 0 Å². The Bertz CT molecular complexity index is 954. The zero-order chi connectivity index (χ0) is 18.5. The largest absolute Gasteiger partial charge is 0.364 e. The van der Waals surface area contributed by atoms with Gasteiger partial charge in [-0.1, -0.05) is 41.7 Å². The molecule has 0 atom stereocenters. The van der Waals surface area contributed by atoms with Crippen LogP contribution in [0.5, 0.6) is 0 Å². The normalized spacial score (nSPS) is 10.7. The zero-order valence-corrected chi connectivity index (χ0v) is 14.8. The number of primary amides is 1. The van der Waals surface area contributed by atoms with E-state index in [0.717, 1.165) is 27.8 Å². The smallest absolute Gasteiger partial charge is 0.270 e. The molecule has 0 radical (unpaired) electrons. The number of hydrogen-bond donors (Lipinski definition) is 4.